The number of primary amides is 1. The first-order chi connectivity index (χ1) is 17.2. The van der Waals surface area contributed by atoms with E-state index in [0.29, 0.717) is 47.6 Å². The van der Waals surface area contributed by atoms with Gasteiger partial charge in [0.1, 0.15) is 16.9 Å². The van der Waals surface area contributed by atoms with Gasteiger partial charge in [0.2, 0.25) is 5.91 Å². The van der Waals surface area contributed by atoms with Crippen LogP contribution in [0.1, 0.15) is 39.6 Å². The standard InChI is InChI=1S/C25H28FN7O3/c1-6-20(34)32-11-16(10-17(32)12-36-5)33-25(28-3)21(24(27)35)18(30-33)8-7-15-9-19-23(22(26)14(15)2)31(4)13-29-19/h6,9,13,16-17,28H,1,10-12H2,2-5H3,(H2,27,35)/t16-,17+/m0/s1. The number of carbonyl (C=O) groups is 2. The molecule has 3 aromatic rings. The van der Waals surface area contributed by atoms with Crippen LogP contribution in [0.2, 0.25) is 0 Å². The maximum atomic E-state index is 15.0. The summed E-state index contributed by atoms with van der Waals surface area (Å²) in [5, 5.41) is 7.59. The monoisotopic (exact) mass is 493 g/mol. The Morgan fingerprint density at radius 1 is 1.42 bits per heavy atom. The highest BCUT2D eigenvalue weighted by Crippen LogP contribution is 2.32. The van der Waals surface area contributed by atoms with Crippen LogP contribution in [0.5, 0.6) is 0 Å². The van der Waals surface area contributed by atoms with Crippen LogP contribution < -0.4 is 11.1 Å². The summed E-state index contributed by atoms with van der Waals surface area (Å²) in [5.41, 5.74) is 7.65. The van der Waals surface area contributed by atoms with Crippen molar-refractivity contribution in [3.05, 3.63) is 53.3 Å². The third-order valence-corrected chi connectivity index (χ3v) is 6.45. The van der Waals surface area contributed by atoms with Gasteiger partial charge in [-0.2, -0.15) is 5.10 Å². The molecule has 10 nitrogen and oxygen atoms in total. The summed E-state index contributed by atoms with van der Waals surface area (Å²) in [7, 11) is 4.95. The number of carbonyl (C=O) groups excluding carboxylic acids is 2. The molecule has 1 aromatic carbocycles. The van der Waals surface area contributed by atoms with Gasteiger partial charge in [0.05, 0.1) is 30.5 Å². The Morgan fingerprint density at radius 3 is 2.81 bits per heavy atom. The lowest BCUT2D eigenvalue weighted by Gasteiger charge is -2.22. The lowest BCUT2D eigenvalue weighted by Crippen LogP contribution is -2.37. The van der Waals surface area contributed by atoms with Gasteiger partial charge in [0.25, 0.3) is 5.91 Å². The van der Waals surface area contributed by atoms with Crippen LogP contribution in [0.4, 0.5) is 10.2 Å². The minimum Gasteiger partial charge on any atom is -0.383 e. The second kappa shape index (κ2) is 9.83. The predicted octanol–water partition coefficient (Wildman–Crippen LogP) is 1.73. The molecule has 0 aliphatic carbocycles. The Morgan fingerprint density at radius 2 is 2.17 bits per heavy atom. The SMILES string of the molecule is C=CC(=O)N1C[C@@H](n2nc(C#Cc3cc4ncn(C)c4c(F)c3C)c(C(N)=O)c2NC)C[C@@H]1COC. The number of imidazole rings is 1. The zero-order valence-electron chi connectivity index (χ0n) is 20.6. The maximum Gasteiger partial charge on any atom is 0.255 e. The van der Waals surface area contributed by atoms with Gasteiger partial charge in [-0.15, -0.1) is 0 Å². The Kier molecular flexibility index (Phi) is 6.81. The molecule has 188 valence electrons. The number of anilines is 1. The quantitative estimate of drug-likeness (QED) is 0.399. The molecule has 4 rings (SSSR count). The Bertz CT molecular complexity index is 1430. The number of amides is 2. The fourth-order valence-electron chi connectivity index (χ4n) is 4.68. The number of aryl methyl sites for hydroxylation is 1. The van der Waals surface area contributed by atoms with Gasteiger partial charge >= 0.3 is 0 Å². The van der Waals surface area contributed by atoms with Gasteiger partial charge < -0.3 is 25.3 Å². The van der Waals surface area contributed by atoms with Crippen molar-refractivity contribution >= 4 is 28.7 Å². The molecule has 0 unspecified atom stereocenters. The van der Waals surface area contributed by atoms with E-state index in [1.54, 1.807) is 48.3 Å². The topological polar surface area (TPSA) is 120 Å². The summed E-state index contributed by atoms with van der Waals surface area (Å²) in [6.45, 7) is 5.92. The zero-order valence-corrected chi connectivity index (χ0v) is 20.6. The van der Waals surface area contributed by atoms with Crippen molar-refractivity contribution in [2.24, 2.45) is 12.8 Å². The molecule has 0 bridgehead atoms. The Balaban J connectivity index is 1.78. The average Bonchev–Trinajstić information content (AvgIpc) is 3.55. The molecule has 0 saturated carbocycles. The Hall–Kier alpha value is -4.17. The molecule has 1 saturated heterocycles. The first-order valence-electron chi connectivity index (χ1n) is 11.4. The molecule has 2 atom stereocenters. The molecule has 0 radical (unpaired) electrons. The van der Waals surface area contributed by atoms with Crippen LogP contribution in [-0.4, -0.2) is 69.4 Å². The van der Waals surface area contributed by atoms with E-state index in [0.717, 1.165) is 0 Å². The molecule has 36 heavy (non-hydrogen) atoms. The molecular weight excluding hydrogens is 465 g/mol. The number of hydrogen-bond acceptors (Lipinski definition) is 6. The Labute approximate surface area is 207 Å². The van der Waals surface area contributed by atoms with E-state index in [-0.39, 0.29) is 29.2 Å². The number of aromatic nitrogens is 4. The van der Waals surface area contributed by atoms with Crippen LogP contribution in [0, 0.1) is 24.6 Å². The lowest BCUT2D eigenvalue weighted by molar-refractivity contribution is -0.127. The number of nitrogens with zero attached hydrogens (tertiary/aromatic N) is 5. The number of ether oxygens (including phenoxy) is 1. The molecule has 1 fully saturated rings. The van der Waals surface area contributed by atoms with E-state index in [1.807, 2.05) is 0 Å². The van der Waals surface area contributed by atoms with Crippen molar-refractivity contribution in [3.63, 3.8) is 0 Å². The second-order valence-corrected chi connectivity index (χ2v) is 8.66. The number of fused-ring (bicyclic) bond motifs is 1. The summed E-state index contributed by atoms with van der Waals surface area (Å²) < 4.78 is 23.5. The number of nitrogens with two attached hydrogens (primary N) is 1. The normalized spacial score (nSPS) is 17.2. The van der Waals surface area contributed by atoms with E-state index in [2.05, 4.69) is 33.8 Å². The molecule has 11 heteroatoms. The fourth-order valence-corrected chi connectivity index (χ4v) is 4.68. The number of hydrogen-bond donors (Lipinski definition) is 2. The van der Waals surface area contributed by atoms with E-state index < -0.39 is 11.7 Å². The van der Waals surface area contributed by atoms with E-state index >= 15 is 0 Å². The number of rotatable bonds is 6. The van der Waals surface area contributed by atoms with Crippen molar-refractivity contribution in [2.45, 2.75) is 25.4 Å². The van der Waals surface area contributed by atoms with E-state index in [9.17, 15) is 14.0 Å². The van der Waals surface area contributed by atoms with Crippen molar-refractivity contribution in [1.82, 2.24) is 24.2 Å². The van der Waals surface area contributed by atoms with Gasteiger partial charge in [-0.1, -0.05) is 12.5 Å². The van der Waals surface area contributed by atoms with Crippen molar-refractivity contribution < 1.29 is 18.7 Å². The van der Waals surface area contributed by atoms with Crippen LogP contribution in [0.3, 0.4) is 0 Å². The summed E-state index contributed by atoms with van der Waals surface area (Å²) in [6, 6.07) is 1.27. The number of methoxy groups -OCH3 is 1. The fraction of sp³-hybridized carbons (Fsp3) is 0.360. The molecular formula is C25H28FN7O3. The highest BCUT2D eigenvalue weighted by molar-refractivity contribution is 6.00. The zero-order chi connectivity index (χ0) is 26.1. The minimum absolute atomic E-state index is 0.124. The van der Waals surface area contributed by atoms with Crippen molar-refractivity contribution in [3.8, 4) is 11.8 Å². The average molecular weight is 494 g/mol. The molecule has 2 amide bonds. The smallest absolute Gasteiger partial charge is 0.255 e. The molecule has 0 spiro atoms. The summed E-state index contributed by atoms with van der Waals surface area (Å²) in [5.74, 6) is 4.91. The van der Waals surface area contributed by atoms with Crippen molar-refractivity contribution in [2.75, 3.05) is 32.6 Å². The van der Waals surface area contributed by atoms with E-state index in [1.165, 1.54) is 12.4 Å². The van der Waals surface area contributed by atoms with Gasteiger partial charge in [0, 0.05) is 38.9 Å². The minimum atomic E-state index is -0.705. The molecule has 3 N–H and O–H groups in total. The van der Waals surface area contributed by atoms with Gasteiger partial charge in [-0.3, -0.25) is 9.59 Å². The summed E-state index contributed by atoms with van der Waals surface area (Å²) in [6.07, 6.45) is 3.35. The third kappa shape index (κ3) is 4.20. The van der Waals surface area contributed by atoms with Crippen LogP contribution in [-0.2, 0) is 16.6 Å². The first kappa shape index (κ1) is 24.9. The lowest BCUT2D eigenvalue weighted by atomic mass is 10.1. The predicted molar refractivity (Wildman–Crippen MR) is 133 cm³/mol. The number of benzene rings is 1. The largest absolute Gasteiger partial charge is 0.383 e. The van der Waals surface area contributed by atoms with E-state index in [4.69, 9.17) is 10.5 Å². The molecule has 1 aliphatic heterocycles. The van der Waals surface area contributed by atoms with Gasteiger partial charge in [-0.05, 0) is 31.4 Å². The van der Waals surface area contributed by atoms with Crippen molar-refractivity contribution in [1.29, 1.82) is 0 Å². The van der Waals surface area contributed by atoms with Gasteiger partial charge in [-0.25, -0.2) is 14.1 Å². The second-order valence-electron chi connectivity index (χ2n) is 8.66. The number of nitrogens with one attached hydrogen (secondary N) is 1. The summed E-state index contributed by atoms with van der Waals surface area (Å²) in [4.78, 5) is 30.7. The van der Waals surface area contributed by atoms with Crippen LogP contribution in [0.25, 0.3) is 11.0 Å². The summed E-state index contributed by atoms with van der Waals surface area (Å²) >= 11 is 0. The molecule has 3 heterocycles. The highest BCUT2D eigenvalue weighted by Gasteiger charge is 2.37. The highest BCUT2D eigenvalue weighted by atomic mass is 19.1. The molecule has 1 aliphatic rings. The van der Waals surface area contributed by atoms with Crippen LogP contribution >= 0.6 is 0 Å². The maximum absolute atomic E-state index is 15.0. The molecule has 2 aromatic heterocycles. The first-order valence-corrected chi connectivity index (χ1v) is 11.4. The van der Waals surface area contributed by atoms with Crippen LogP contribution in [0.15, 0.2) is 25.0 Å². The van der Waals surface area contributed by atoms with Gasteiger partial charge in [0.15, 0.2) is 11.5 Å². The number of likely N-dealkylation sites (tertiary alicyclic amines) is 1. The number of halogens is 1. The third-order valence-electron chi connectivity index (χ3n) is 6.45.